The molecule has 0 saturated carbocycles. The number of rotatable bonds is 16. The number of hydrogen-bond acceptors (Lipinski definition) is 7. The molecule has 4 atom stereocenters. The number of carbonyl (C=O) groups is 1. The molecule has 2 amide bonds. The van der Waals surface area contributed by atoms with E-state index < -0.39 is 30.1 Å². The van der Waals surface area contributed by atoms with Crippen LogP contribution < -0.4 is 9.47 Å². The van der Waals surface area contributed by atoms with Crippen molar-refractivity contribution in [2.24, 2.45) is 0 Å². The van der Waals surface area contributed by atoms with Gasteiger partial charge in [0, 0.05) is 13.1 Å². The van der Waals surface area contributed by atoms with Gasteiger partial charge < -0.3 is 39.0 Å². The zero-order valence-electron chi connectivity index (χ0n) is 31.4. The molecule has 0 unspecified atom stereocenters. The van der Waals surface area contributed by atoms with Crippen LogP contribution in [0.25, 0.3) is 0 Å². The molecule has 2 heterocycles. The lowest BCUT2D eigenvalue weighted by Gasteiger charge is -2.37. The normalized spacial score (nSPS) is 20.9. The Morgan fingerprint density at radius 3 is 1.30 bits per heavy atom. The molecule has 6 rings (SSSR count). The number of nitrogens with zero attached hydrogens (tertiary/aromatic N) is 2. The predicted molar refractivity (Wildman–Crippen MR) is 205 cm³/mol. The third-order valence-electron chi connectivity index (χ3n) is 10.1. The van der Waals surface area contributed by atoms with Crippen LogP contribution in [0.5, 0.6) is 23.0 Å². The van der Waals surface area contributed by atoms with Crippen LogP contribution in [-0.2, 0) is 35.4 Å². The van der Waals surface area contributed by atoms with Crippen LogP contribution in [0, 0.1) is 0 Å². The van der Waals surface area contributed by atoms with Crippen molar-refractivity contribution >= 4 is 6.03 Å². The number of phenolic OH excluding ortho intramolecular Hbond substituents is 2. The molecule has 0 aliphatic carbocycles. The first-order chi connectivity index (χ1) is 25.6. The van der Waals surface area contributed by atoms with Gasteiger partial charge in [-0.2, -0.15) is 0 Å². The van der Waals surface area contributed by atoms with Gasteiger partial charge in [-0.3, -0.25) is 0 Å². The Labute approximate surface area is 314 Å². The number of aromatic hydroxyl groups is 2. The smallest absolute Gasteiger partial charge is 0.321 e. The van der Waals surface area contributed by atoms with Crippen molar-refractivity contribution in [1.82, 2.24) is 9.80 Å². The van der Waals surface area contributed by atoms with Gasteiger partial charge in [0.2, 0.25) is 0 Å². The number of fused-ring (bicyclic) bond motifs is 1. The molecule has 53 heavy (non-hydrogen) atoms. The zero-order valence-corrected chi connectivity index (χ0v) is 31.4. The van der Waals surface area contributed by atoms with E-state index in [2.05, 4.69) is 13.8 Å². The lowest BCUT2D eigenvalue weighted by Crippen LogP contribution is -2.51. The molecule has 9 nitrogen and oxygen atoms in total. The summed E-state index contributed by atoms with van der Waals surface area (Å²) in [5.41, 5.74) is 3.88. The molecule has 2 aliphatic heterocycles. The molecular formula is C44H54N2O7. The Hall–Kier alpha value is -4.73. The van der Waals surface area contributed by atoms with Crippen molar-refractivity contribution < 1.29 is 34.0 Å². The topological polar surface area (TPSA) is 101 Å². The van der Waals surface area contributed by atoms with Crippen LogP contribution in [0.3, 0.4) is 0 Å². The van der Waals surface area contributed by atoms with E-state index in [-0.39, 0.29) is 17.5 Å². The second kappa shape index (κ2) is 17.4. The fourth-order valence-electron chi connectivity index (χ4n) is 7.23. The standard InChI is InChI=1S/C44H54N2O7/c1-5-7-25-50-37-21-13-33(14-22-37)29-45-39(27-31-9-17-35(47)18-10-31)41-42(53-44(3,4)52-41)40(28-32-11-19-36(48)20-12-32)46(43(45)49)30-34-15-23-38(24-16-34)51-26-8-6-2/h9-24,39-42,47-48H,5-8,25-30H2,1-4H3/t39-,40-,41+,42+/m1/s1. The van der Waals surface area contributed by atoms with E-state index in [0.29, 0.717) is 39.1 Å². The second-order valence-corrected chi connectivity index (χ2v) is 14.7. The zero-order chi connectivity index (χ0) is 37.4. The van der Waals surface area contributed by atoms with E-state index >= 15 is 4.79 Å². The Morgan fingerprint density at radius 1 is 0.585 bits per heavy atom. The molecule has 2 N–H and O–H groups in total. The van der Waals surface area contributed by atoms with Crippen molar-refractivity contribution in [2.75, 3.05) is 13.2 Å². The number of ether oxygens (including phenoxy) is 4. The Bertz CT molecular complexity index is 1620. The van der Waals surface area contributed by atoms with Gasteiger partial charge in [-0.25, -0.2) is 4.79 Å². The van der Waals surface area contributed by atoms with Crippen LogP contribution in [0.4, 0.5) is 4.79 Å². The minimum atomic E-state index is -0.900. The molecule has 0 radical (unpaired) electrons. The van der Waals surface area contributed by atoms with E-state index in [0.717, 1.165) is 59.4 Å². The molecular weight excluding hydrogens is 668 g/mol. The Kier molecular flexibility index (Phi) is 12.5. The number of hydrogen-bond donors (Lipinski definition) is 2. The van der Waals surface area contributed by atoms with Crippen LogP contribution in [-0.4, -0.2) is 69.3 Å². The summed E-state index contributed by atoms with van der Waals surface area (Å²) in [6.45, 7) is 10.2. The summed E-state index contributed by atoms with van der Waals surface area (Å²) in [4.78, 5) is 19.2. The highest BCUT2D eigenvalue weighted by atomic mass is 16.8. The minimum absolute atomic E-state index is 0.122. The summed E-state index contributed by atoms with van der Waals surface area (Å²) >= 11 is 0. The fraction of sp³-hybridized carbons (Fsp3) is 0.432. The predicted octanol–water partition coefficient (Wildman–Crippen LogP) is 8.64. The van der Waals surface area contributed by atoms with Gasteiger partial charge >= 0.3 is 6.03 Å². The van der Waals surface area contributed by atoms with Crippen molar-refractivity contribution in [3.8, 4) is 23.0 Å². The van der Waals surface area contributed by atoms with Crippen LogP contribution >= 0.6 is 0 Å². The van der Waals surface area contributed by atoms with Gasteiger partial charge in [-0.1, -0.05) is 75.2 Å². The van der Waals surface area contributed by atoms with Crippen LogP contribution in [0.1, 0.15) is 75.6 Å². The van der Waals surface area contributed by atoms with Crippen molar-refractivity contribution in [3.63, 3.8) is 0 Å². The van der Waals surface area contributed by atoms with Gasteiger partial charge in [0.15, 0.2) is 5.79 Å². The SMILES string of the molecule is CCCCOc1ccc(CN2C(=O)N(Cc3ccc(OCCCC)cc3)[C@H](Cc3ccc(O)cc3)[C@@H]3OC(C)(C)O[C@H]3[C@H]2Cc2ccc(O)cc2)cc1. The first-order valence-corrected chi connectivity index (χ1v) is 19.0. The monoisotopic (exact) mass is 722 g/mol. The van der Waals surface area contributed by atoms with E-state index in [1.807, 2.05) is 96.4 Å². The summed E-state index contributed by atoms with van der Waals surface area (Å²) < 4.78 is 25.5. The van der Waals surface area contributed by atoms with Crippen molar-refractivity contribution in [2.45, 2.75) is 109 Å². The largest absolute Gasteiger partial charge is 0.508 e. The highest BCUT2D eigenvalue weighted by Gasteiger charge is 2.55. The molecule has 0 bridgehead atoms. The quantitative estimate of drug-likeness (QED) is 0.112. The maximum Gasteiger partial charge on any atom is 0.321 e. The maximum atomic E-state index is 15.4. The number of carbonyl (C=O) groups excluding carboxylic acids is 1. The maximum absolute atomic E-state index is 15.4. The number of benzene rings is 4. The number of unbranched alkanes of at least 4 members (excludes halogenated alkanes) is 2. The van der Waals surface area contributed by atoms with Crippen molar-refractivity contribution in [1.29, 1.82) is 0 Å². The van der Waals surface area contributed by atoms with Gasteiger partial charge in [0.25, 0.3) is 0 Å². The Balaban J connectivity index is 1.41. The van der Waals surface area contributed by atoms with E-state index in [9.17, 15) is 10.2 Å². The molecule has 2 fully saturated rings. The van der Waals surface area contributed by atoms with Gasteiger partial charge in [-0.15, -0.1) is 0 Å². The average molecular weight is 723 g/mol. The summed E-state index contributed by atoms with van der Waals surface area (Å²) in [5.74, 6) is 1.08. The molecule has 4 aromatic carbocycles. The summed E-state index contributed by atoms with van der Waals surface area (Å²) in [6, 6.07) is 29.4. The highest BCUT2D eigenvalue weighted by molar-refractivity contribution is 5.76. The summed E-state index contributed by atoms with van der Waals surface area (Å²) in [5, 5.41) is 20.2. The second-order valence-electron chi connectivity index (χ2n) is 14.7. The van der Waals surface area contributed by atoms with Crippen LogP contribution in [0.15, 0.2) is 97.1 Å². The lowest BCUT2D eigenvalue weighted by atomic mass is 9.90. The first kappa shape index (κ1) is 38.0. The molecule has 4 aromatic rings. The average Bonchev–Trinajstić information content (AvgIpc) is 3.45. The highest BCUT2D eigenvalue weighted by Crippen LogP contribution is 2.41. The van der Waals surface area contributed by atoms with E-state index in [4.69, 9.17) is 18.9 Å². The van der Waals surface area contributed by atoms with E-state index in [1.165, 1.54) is 0 Å². The third-order valence-corrected chi connectivity index (χ3v) is 10.1. The van der Waals surface area contributed by atoms with Crippen molar-refractivity contribution in [3.05, 3.63) is 119 Å². The Morgan fingerprint density at radius 2 is 0.943 bits per heavy atom. The van der Waals surface area contributed by atoms with Crippen LogP contribution in [0.2, 0.25) is 0 Å². The van der Waals surface area contributed by atoms with E-state index in [1.54, 1.807) is 24.3 Å². The minimum Gasteiger partial charge on any atom is -0.508 e. The summed E-state index contributed by atoms with van der Waals surface area (Å²) in [7, 11) is 0. The number of urea groups is 1. The fourth-order valence-corrected chi connectivity index (χ4v) is 7.23. The number of phenols is 2. The molecule has 0 aromatic heterocycles. The number of amides is 2. The first-order valence-electron chi connectivity index (χ1n) is 19.0. The summed E-state index contributed by atoms with van der Waals surface area (Å²) in [6.07, 6.45) is 4.14. The van der Waals surface area contributed by atoms with Gasteiger partial charge in [0.1, 0.15) is 35.2 Å². The lowest BCUT2D eigenvalue weighted by molar-refractivity contribution is -0.157. The molecule has 2 aliphatic rings. The third kappa shape index (κ3) is 9.83. The molecule has 282 valence electrons. The van der Waals surface area contributed by atoms with Gasteiger partial charge in [0.05, 0.1) is 25.3 Å². The van der Waals surface area contributed by atoms with Gasteiger partial charge in [-0.05, 0) is 110 Å². The molecule has 0 spiro atoms. The molecule has 2 saturated heterocycles. The molecule has 9 heteroatoms.